The maximum Gasteiger partial charge on any atom is 0.234 e. The average Bonchev–Trinajstić information content (AvgIpc) is 3.34. The Morgan fingerprint density at radius 1 is 1.17 bits per heavy atom. The second-order valence-electron chi connectivity index (χ2n) is 6.81. The monoisotopic (exact) mass is 425 g/mol. The van der Waals surface area contributed by atoms with Gasteiger partial charge in [-0.25, -0.2) is 0 Å². The minimum atomic E-state index is -0.295. The minimum absolute atomic E-state index is 0.0665. The van der Waals surface area contributed by atoms with E-state index in [1.807, 2.05) is 32.0 Å². The van der Waals surface area contributed by atoms with Gasteiger partial charge in [-0.05, 0) is 48.9 Å². The van der Waals surface area contributed by atoms with Crippen LogP contribution in [0.25, 0.3) is 5.69 Å². The molecule has 0 bridgehead atoms. The van der Waals surface area contributed by atoms with Gasteiger partial charge in [-0.2, -0.15) is 4.68 Å². The van der Waals surface area contributed by atoms with Crippen molar-refractivity contribution < 1.29 is 19.1 Å². The van der Waals surface area contributed by atoms with E-state index in [-0.39, 0.29) is 24.2 Å². The number of benzene rings is 2. The molecule has 1 N–H and O–H groups in total. The molecule has 0 aliphatic carbocycles. The molecule has 0 unspecified atom stereocenters. The zero-order valence-corrected chi connectivity index (χ0v) is 17.4. The van der Waals surface area contributed by atoms with Gasteiger partial charge in [-0.15, -0.1) is 5.10 Å². The summed E-state index contributed by atoms with van der Waals surface area (Å²) in [7, 11) is 0. The predicted molar refractivity (Wildman–Crippen MR) is 111 cm³/mol. The molecule has 2 heterocycles. The molecule has 1 aliphatic heterocycles. The Morgan fingerprint density at radius 2 is 1.93 bits per heavy atom. The molecule has 1 aliphatic rings. The maximum absolute atomic E-state index is 12.5. The number of amides is 1. The largest absolute Gasteiger partial charge is 0.454 e. The smallest absolute Gasteiger partial charge is 0.234 e. The van der Waals surface area contributed by atoms with E-state index in [1.54, 1.807) is 16.8 Å². The fourth-order valence-corrected chi connectivity index (χ4v) is 3.80. The molecular formula is C20H19N5O4S. The molecule has 0 saturated heterocycles. The molecule has 0 radical (unpaired) electrons. The molecule has 0 atom stereocenters. The van der Waals surface area contributed by atoms with Crippen LogP contribution in [0.15, 0.2) is 35.5 Å². The number of thioether (sulfide) groups is 1. The van der Waals surface area contributed by atoms with Crippen molar-refractivity contribution in [3.05, 3.63) is 47.0 Å². The van der Waals surface area contributed by atoms with Crippen molar-refractivity contribution in [1.29, 1.82) is 0 Å². The van der Waals surface area contributed by atoms with Gasteiger partial charge in [-0.3, -0.25) is 9.59 Å². The number of carbonyl (C=O) groups is 2. The Hall–Kier alpha value is -3.40. The lowest BCUT2D eigenvalue weighted by Gasteiger charge is -2.11. The van der Waals surface area contributed by atoms with Crippen LogP contribution in [0.2, 0.25) is 0 Å². The highest BCUT2D eigenvalue weighted by atomic mass is 32.2. The van der Waals surface area contributed by atoms with E-state index in [2.05, 4.69) is 20.8 Å². The lowest BCUT2D eigenvalue weighted by molar-refractivity contribution is -0.113. The molecule has 9 nitrogen and oxygen atoms in total. The number of fused-ring (bicyclic) bond motifs is 1. The number of rotatable bonds is 6. The van der Waals surface area contributed by atoms with Gasteiger partial charge in [0.1, 0.15) is 0 Å². The molecule has 1 aromatic heterocycles. The van der Waals surface area contributed by atoms with Crippen molar-refractivity contribution in [3.8, 4) is 17.2 Å². The van der Waals surface area contributed by atoms with Gasteiger partial charge in [0.05, 0.1) is 17.1 Å². The fraction of sp³-hybridized carbons (Fsp3) is 0.250. The molecule has 30 heavy (non-hydrogen) atoms. The first-order valence-electron chi connectivity index (χ1n) is 9.15. The maximum atomic E-state index is 12.5. The molecule has 10 heteroatoms. The Labute approximate surface area is 176 Å². The van der Waals surface area contributed by atoms with E-state index in [4.69, 9.17) is 9.47 Å². The van der Waals surface area contributed by atoms with Crippen molar-refractivity contribution in [1.82, 2.24) is 20.2 Å². The standard InChI is InChI=1S/C20H19N5O4S/c1-11-4-5-16(12(2)6-11)25-20(22-23-24-25)30-9-19(27)21-15-8-18-17(28-10-29-18)7-14(15)13(3)26/h4-8H,9-10H2,1-3H3,(H,21,27). The molecular weight excluding hydrogens is 406 g/mol. The number of Topliss-reactive ketones (excluding diaryl/α,β-unsaturated/α-hetero) is 1. The number of hydrogen-bond acceptors (Lipinski definition) is 8. The molecule has 1 amide bonds. The molecule has 4 rings (SSSR count). The van der Waals surface area contributed by atoms with Crippen LogP contribution in [0.5, 0.6) is 11.5 Å². The highest BCUT2D eigenvalue weighted by Crippen LogP contribution is 2.37. The summed E-state index contributed by atoms with van der Waals surface area (Å²) in [5, 5.41) is 15.1. The van der Waals surface area contributed by atoms with Crippen LogP contribution >= 0.6 is 11.8 Å². The van der Waals surface area contributed by atoms with Gasteiger partial charge in [0.2, 0.25) is 17.9 Å². The average molecular weight is 425 g/mol. The van der Waals surface area contributed by atoms with Gasteiger partial charge < -0.3 is 14.8 Å². The van der Waals surface area contributed by atoms with E-state index >= 15 is 0 Å². The Balaban J connectivity index is 1.48. The third kappa shape index (κ3) is 3.99. The Morgan fingerprint density at radius 3 is 2.67 bits per heavy atom. The van der Waals surface area contributed by atoms with Crippen LogP contribution in [-0.4, -0.2) is 44.4 Å². The third-order valence-corrected chi connectivity index (χ3v) is 5.44. The molecule has 3 aromatic rings. The first kappa shape index (κ1) is 19.9. The van der Waals surface area contributed by atoms with E-state index in [9.17, 15) is 9.59 Å². The van der Waals surface area contributed by atoms with Crippen LogP contribution in [0, 0.1) is 13.8 Å². The number of carbonyl (C=O) groups excluding carboxylic acids is 2. The number of anilines is 1. The van der Waals surface area contributed by atoms with Crippen molar-refractivity contribution in [2.75, 3.05) is 17.9 Å². The number of tetrazole rings is 1. The zero-order chi connectivity index (χ0) is 21.3. The molecule has 0 fully saturated rings. The van der Waals surface area contributed by atoms with Gasteiger partial charge in [0.25, 0.3) is 0 Å². The second kappa shape index (κ2) is 8.15. The lowest BCUT2D eigenvalue weighted by atomic mass is 10.1. The van der Waals surface area contributed by atoms with E-state index in [0.717, 1.165) is 16.8 Å². The van der Waals surface area contributed by atoms with E-state index < -0.39 is 0 Å². The van der Waals surface area contributed by atoms with Crippen LogP contribution in [-0.2, 0) is 4.79 Å². The SMILES string of the molecule is CC(=O)c1cc2c(cc1NC(=O)CSc1nnnn1-c1ccc(C)cc1C)OCO2. The van der Waals surface area contributed by atoms with E-state index in [1.165, 1.54) is 18.7 Å². The summed E-state index contributed by atoms with van der Waals surface area (Å²) in [5.41, 5.74) is 3.76. The topological polar surface area (TPSA) is 108 Å². The number of aryl methyl sites for hydroxylation is 2. The van der Waals surface area contributed by atoms with Gasteiger partial charge in [0, 0.05) is 11.6 Å². The van der Waals surface area contributed by atoms with Crippen molar-refractivity contribution >= 4 is 29.1 Å². The highest BCUT2D eigenvalue weighted by Gasteiger charge is 2.21. The summed E-state index contributed by atoms with van der Waals surface area (Å²) in [6.45, 7) is 5.51. The summed E-state index contributed by atoms with van der Waals surface area (Å²) in [5.74, 6) is 0.561. The molecule has 2 aromatic carbocycles. The van der Waals surface area contributed by atoms with Crippen molar-refractivity contribution in [3.63, 3.8) is 0 Å². The summed E-state index contributed by atoms with van der Waals surface area (Å²) in [4.78, 5) is 24.5. The summed E-state index contributed by atoms with van der Waals surface area (Å²) >= 11 is 1.20. The zero-order valence-electron chi connectivity index (χ0n) is 16.6. The first-order valence-corrected chi connectivity index (χ1v) is 10.1. The normalized spacial score (nSPS) is 12.1. The number of ether oxygens (including phenoxy) is 2. The Bertz CT molecular complexity index is 1140. The summed E-state index contributed by atoms with van der Waals surface area (Å²) in [6.07, 6.45) is 0. The summed E-state index contributed by atoms with van der Waals surface area (Å²) < 4.78 is 12.2. The second-order valence-corrected chi connectivity index (χ2v) is 7.75. The number of nitrogens with one attached hydrogen (secondary N) is 1. The lowest BCUT2D eigenvalue weighted by Crippen LogP contribution is -2.16. The van der Waals surface area contributed by atoms with Crippen molar-refractivity contribution in [2.24, 2.45) is 0 Å². The Kier molecular flexibility index (Phi) is 5.40. The van der Waals surface area contributed by atoms with Crippen LogP contribution in [0.4, 0.5) is 5.69 Å². The van der Waals surface area contributed by atoms with Gasteiger partial charge >= 0.3 is 0 Å². The number of hydrogen-bond donors (Lipinski definition) is 1. The third-order valence-electron chi connectivity index (χ3n) is 4.52. The van der Waals surface area contributed by atoms with Gasteiger partial charge in [-0.1, -0.05) is 29.5 Å². The highest BCUT2D eigenvalue weighted by molar-refractivity contribution is 7.99. The van der Waals surface area contributed by atoms with Gasteiger partial charge in [0.15, 0.2) is 17.3 Å². The number of nitrogens with zero attached hydrogens (tertiary/aromatic N) is 4. The van der Waals surface area contributed by atoms with Crippen molar-refractivity contribution in [2.45, 2.75) is 25.9 Å². The van der Waals surface area contributed by atoms with Crippen LogP contribution in [0.1, 0.15) is 28.4 Å². The quantitative estimate of drug-likeness (QED) is 0.474. The minimum Gasteiger partial charge on any atom is -0.454 e. The number of ketones is 1. The molecule has 0 saturated carbocycles. The molecule has 0 spiro atoms. The van der Waals surface area contributed by atoms with E-state index in [0.29, 0.717) is 27.9 Å². The predicted octanol–water partition coefficient (Wildman–Crippen LogP) is 2.94. The molecule has 154 valence electrons. The summed E-state index contributed by atoms with van der Waals surface area (Å²) in [6, 6.07) is 9.14. The van der Waals surface area contributed by atoms with Crippen LogP contribution in [0.3, 0.4) is 0 Å². The van der Waals surface area contributed by atoms with Crippen LogP contribution < -0.4 is 14.8 Å². The fourth-order valence-electron chi connectivity index (χ4n) is 3.12. The first-order chi connectivity index (χ1) is 14.4. The number of aromatic nitrogens is 4.